The zero-order valence-corrected chi connectivity index (χ0v) is 13.8. The van der Waals surface area contributed by atoms with Crippen molar-refractivity contribution in [3.05, 3.63) is 42.2 Å². The van der Waals surface area contributed by atoms with Crippen LogP contribution in [-0.4, -0.2) is 53.4 Å². The molecule has 0 N–H and O–H groups in total. The van der Waals surface area contributed by atoms with Crippen molar-refractivity contribution in [3.8, 4) is 0 Å². The summed E-state index contributed by atoms with van der Waals surface area (Å²) in [4.78, 5) is 20.7. The van der Waals surface area contributed by atoms with Crippen molar-refractivity contribution in [1.82, 2.24) is 14.8 Å². The lowest BCUT2D eigenvalue weighted by Crippen LogP contribution is -2.44. The van der Waals surface area contributed by atoms with E-state index < -0.39 is 0 Å². The van der Waals surface area contributed by atoms with Crippen molar-refractivity contribution in [2.24, 2.45) is 0 Å². The second kappa shape index (κ2) is 8.08. The molecule has 1 aromatic rings. The molecule has 0 unspecified atom stereocenters. The molecule has 1 aliphatic rings. The molecule has 0 aliphatic carbocycles. The lowest BCUT2D eigenvalue weighted by Gasteiger charge is -2.34. The molecule has 1 saturated heterocycles. The Morgan fingerprint density at radius 2 is 2.18 bits per heavy atom. The Balaban J connectivity index is 1.92. The smallest absolute Gasteiger partial charge is 0.237 e. The first-order chi connectivity index (χ1) is 10.6. The highest BCUT2D eigenvalue weighted by Crippen LogP contribution is 2.26. The molecule has 0 bridgehead atoms. The summed E-state index contributed by atoms with van der Waals surface area (Å²) in [6, 6.07) is 4.19. The molecule has 22 heavy (non-hydrogen) atoms. The van der Waals surface area contributed by atoms with Gasteiger partial charge in [-0.1, -0.05) is 12.2 Å². The number of hydrogen-bond acceptors (Lipinski definition) is 3. The van der Waals surface area contributed by atoms with Crippen molar-refractivity contribution in [2.75, 3.05) is 32.7 Å². The minimum Gasteiger partial charge on any atom is -0.338 e. The minimum absolute atomic E-state index is 0.209. The monoisotopic (exact) mass is 301 g/mol. The van der Waals surface area contributed by atoms with Crippen LogP contribution in [0.2, 0.25) is 0 Å². The molecule has 0 aromatic carbocycles. The number of likely N-dealkylation sites (tertiary alicyclic amines) is 1. The molecule has 1 amide bonds. The number of likely N-dealkylation sites (N-methyl/N-ethyl adjacent to an activating group) is 1. The van der Waals surface area contributed by atoms with Crippen molar-refractivity contribution in [2.45, 2.75) is 32.6 Å². The molecular formula is C18H27N3O. The molecule has 2 rings (SSSR count). The van der Waals surface area contributed by atoms with E-state index in [1.807, 2.05) is 31.1 Å². The van der Waals surface area contributed by atoms with Crippen LogP contribution in [0, 0.1) is 0 Å². The van der Waals surface area contributed by atoms with E-state index >= 15 is 0 Å². The van der Waals surface area contributed by atoms with Crippen LogP contribution in [0.1, 0.15) is 38.2 Å². The maximum absolute atomic E-state index is 12.5. The number of carbonyl (C=O) groups excluding carboxylic acids is 1. The maximum atomic E-state index is 12.5. The number of rotatable bonds is 6. The van der Waals surface area contributed by atoms with Gasteiger partial charge in [-0.05, 0) is 56.8 Å². The summed E-state index contributed by atoms with van der Waals surface area (Å²) in [7, 11) is 0. The van der Waals surface area contributed by atoms with Gasteiger partial charge in [0.2, 0.25) is 5.91 Å². The fourth-order valence-corrected chi connectivity index (χ4v) is 3.10. The van der Waals surface area contributed by atoms with E-state index in [1.54, 1.807) is 0 Å². The van der Waals surface area contributed by atoms with E-state index in [2.05, 4.69) is 28.6 Å². The molecule has 120 valence electrons. The Hall–Kier alpha value is -1.68. The Morgan fingerprint density at radius 3 is 2.82 bits per heavy atom. The molecular weight excluding hydrogens is 274 g/mol. The zero-order valence-electron chi connectivity index (χ0n) is 13.8. The Labute approximate surface area is 133 Å². The zero-order chi connectivity index (χ0) is 15.9. The predicted molar refractivity (Wildman–Crippen MR) is 89.7 cm³/mol. The normalized spacial score (nSPS) is 18.9. The highest BCUT2D eigenvalue weighted by molar-refractivity contribution is 5.78. The fourth-order valence-electron chi connectivity index (χ4n) is 3.10. The highest BCUT2D eigenvalue weighted by Gasteiger charge is 2.24. The maximum Gasteiger partial charge on any atom is 0.237 e. The SMILES string of the molecule is C=C(C)CN(CC)C(=O)CN1CCC[C@H](c2ccncc2)C1. The topological polar surface area (TPSA) is 36.4 Å². The van der Waals surface area contributed by atoms with Gasteiger partial charge in [-0.2, -0.15) is 0 Å². The van der Waals surface area contributed by atoms with Crippen LogP contribution in [0.4, 0.5) is 0 Å². The summed E-state index contributed by atoms with van der Waals surface area (Å²) >= 11 is 0. The van der Waals surface area contributed by atoms with E-state index in [1.165, 1.54) is 12.0 Å². The van der Waals surface area contributed by atoms with Crippen LogP contribution < -0.4 is 0 Å². The Bertz CT molecular complexity index is 500. The largest absolute Gasteiger partial charge is 0.338 e. The number of amides is 1. The summed E-state index contributed by atoms with van der Waals surface area (Å²) in [5.74, 6) is 0.724. The molecule has 4 heteroatoms. The third-order valence-corrected chi connectivity index (χ3v) is 4.24. The van der Waals surface area contributed by atoms with Crippen LogP contribution in [0.5, 0.6) is 0 Å². The van der Waals surface area contributed by atoms with Gasteiger partial charge in [0.1, 0.15) is 0 Å². The van der Waals surface area contributed by atoms with Crippen molar-refractivity contribution in [1.29, 1.82) is 0 Å². The van der Waals surface area contributed by atoms with Crippen LogP contribution in [0.3, 0.4) is 0 Å². The summed E-state index contributed by atoms with van der Waals surface area (Å²) in [6.07, 6.45) is 6.04. The van der Waals surface area contributed by atoms with Gasteiger partial charge in [0.15, 0.2) is 0 Å². The van der Waals surface area contributed by atoms with Gasteiger partial charge in [0.05, 0.1) is 6.54 Å². The fraction of sp³-hybridized carbons (Fsp3) is 0.556. The molecule has 0 saturated carbocycles. The molecule has 4 nitrogen and oxygen atoms in total. The first-order valence-corrected chi connectivity index (χ1v) is 8.14. The number of hydrogen-bond donors (Lipinski definition) is 0. The van der Waals surface area contributed by atoms with Crippen molar-refractivity contribution < 1.29 is 4.79 Å². The quantitative estimate of drug-likeness (QED) is 0.758. The van der Waals surface area contributed by atoms with Gasteiger partial charge in [-0.3, -0.25) is 14.7 Å². The molecule has 1 fully saturated rings. The van der Waals surface area contributed by atoms with E-state index in [4.69, 9.17) is 0 Å². The third kappa shape index (κ3) is 4.67. The Kier molecular flexibility index (Phi) is 6.13. The van der Waals surface area contributed by atoms with Crippen LogP contribution in [-0.2, 0) is 4.79 Å². The van der Waals surface area contributed by atoms with Gasteiger partial charge in [0.25, 0.3) is 0 Å². The second-order valence-electron chi connectivity index (χ2n) is 6.22. The molecule has 1 atom stereocenters. The minimum atomic E-state index is 0.209. The van der Waals surface area contributed by atoms with Gasteiger partial charge < -0.3 is 4.90 Å². The number of pyridine rings is 1. The highest BCUT2D eigenvalue weighted by atomic mass is 16.2. The van der Waals surface area contributed by atoms with Gasteiger partial charge >= 0.3 is 0 Å². The third-order valence-electron chi connectivity index (χ3n) is 4.24. The number of carbonyl (C=O) groups is 1. The Morgan fingerprint density at radius 1 is 1.45 bits per heavy atom. The molecule has 1 aliphatic heterocycles. The van der Waals surface area contributed by atoms with Gasteiger partial charge in [-0.15, -0.1) is 0 Å². The standard InChI is InChI=1S/C18H27N3O/c1-4-21(12-15(2)3)18(22)14-20-11-5-6-17(13-20)16-7-9-19-10-8-16/h7-10,17H,2,4-6,11-14H2,1,3H3/t17-/m0/s1. The van der Waals surface area contributed by atoms with Crippen molar-refractivity contribution in [3.63, 3.8) is 0 Å². The van der Waals surface area contributed by atoms with Gasteiger partial charge in [-0.25, -0.2) is 0 Å². The van der Waals surface area contributed by atoms with Crippen molar-refractivity contribution >= 4 is 5.91 Å². The second-order valence-corrected chi connectivity index (χ2v) is 6.22. The van der Waals surface area contributed by atoms with Gasteiger partial charge in [0, 0.05) is 32.0 Å². The molecule has 1 aromatic heterocycles. The number of aromatic nitrogens is 1. The first kappa shape index (κ1) is 16.7. The average Bonchev–Trinajstić information content (AvgIpc) is 2.53. The molecule has 2 heterocycles. The average molecular weight is 301 g/mol. The first-order valence-electron chi connectivity index (χ1n) is 8.14. The molecule has 0 spiro atoms. The van der Waals surface area contributed by atoms with Crippen LogP contribution >= 0.6 is 0 Å². The van der Waals surface area contributed by atoms with Crippen LogP contribution in [0.15, 0.2) is 36.7 Å². The summed E-state index contributed by atoms with van der Waals surface area (Å²) < 4.78 is 0. The lowest BCUT2D eigenvalue weighted by atomic mass is 9.91. The summed E-state index contributed by atoms with van der Waals surface area (Å²) in [5, 5.41) is 0. The number of piperidine rings is 1. The lowest BCUT2D eigenvalue weighted by molar-refractivity contribution is -0.132. The van der Waals surface area contributed by atoms with E-state index in [9.17, 15) is 4.79 Å². The summed E-state index contributed by atoms with van der Waals surface area (Å²) in [5.41, 5.74) is 2.37. The number of nitrogens with zero attached hydrogens (tertiary/aromatic N) is 3. The van der Waals surface area contributed by atoms with E-state index in [0.29, 0.717) is 19.0 Å². The summed E-state index contributed by atoms with van der Waals surface area (Å²) in [6.45, 7) is 11.8. The van der Waals surface area contributed by atoms with E-state index in [-0.39, 0.29) is 5.91 Å². The van der Waals surface area contributed by atoms with E-state index in [0.717, 1.165) is 31.6 Å². The van der Waals surface area contributed by atoms with Crippen LogP contribution in [0.25, 0.3) is 0 Å². The predicted octanol–water partition coefficient (Wildman–Crippen LogP) is 2.69. The molecule has 0 radical (unpaired) electrons.